The SMILES string of the molecule is NCCN1C(=O)S/C(=C\c2cc(Br)c3c(c2)OCO3)C1=O. The molecule has 0 radical (unpaired) electrons. The summed E-state index contributed by atoms with van der Waals surface area (Å²) in [6.45, 7) is 0.651. The molecule has 1 saturated heterocycles. The second-order valence-electron chi connectivity index (χ2n) is 4.36. The molecule has 0 spiro atoms. The van der Waals surface area contributed by atoms with E-state index in [9.17, 15) is 9.59 Å². The molecule has 1 aromatic rings. The molecule has 0 bridgehead atoms. The van der Waals surface area contributed by atoms with Crippen molar-refractivity contribution in [3.63, 3.8) is 0 Å². The number of benzene rings is 1. The van der Waals surface area contributed by atoms with Gasteiger partial charge in [0.05, 0.1) is 9.38 Å². The van der Waals surface area contributed by atoms with E-state index in [1.54, 1.807) is 12.1 Å². The summed E-state index contributed by atoms with van der Waals surface area (Å²) < 4.78 is 11.4. The Kier molecular flexibility index (Phi) is 3.92. The van der Waals surface area contributed by atoms with E-state index in [-0.39, 0.29) is 31.0 Å². The van der Waals surface area contributed by atoms with Crippen molar-refractivity contribution in [3.8, 4) is 11.5 Å². The van der Waals surface area contributed by atoms with Gasteiger partial charge >= 0.3 is 0 Å². The topological polar surface area (TPSA) is 81.9 Å². The highest BCUT2D eigenvalue weighted by atomic mass is 79.9. The van der Waals surface area contributed by atoms with Crippen molar-refractivity contribution in [2.75, 3.05) is 19.9 Å². The smallest absolute Gasteiger partial charge is 0.293 e. The first-order chi connectivity index (χ1) is 10.1. The van der Waals surface area contributed by atoms with Crippen LogP contribution in [0.15, 0.2) is 21.5 Å². The zero-order valence-corrected chi connectivity index (χ0v) is 13.2. The summed E-state index contributed by atoms with van der Waals surface area (Å²) in [4.78, 5) is 25.4. The Balaban J connectivity index is 1.91. The molecule has 6 nitrogen and oxygen atoms in total. The summed E-state index contributed by atoms with van der Waals surface area (Å²) in [6.07, 6.45) is 1.66. The number of carbonyl (C=O) groups excluding carboxylic acids is 2. The minimum Gasteiger partial charge on any atom is -0.454 e. The van der Waals surface area contributed by atoms with Gasteiger partial charge in [-0.3, -0.25) is 14.5 Å². The summed E-state index contributed by atoms with van der Waals surface area (Å²) in [5.74, 6) is 0.935. The van der Waals surface area contributed by atoms with E-state index >= 15 is 0 Å². The standard InChI is InChI=1S/C13H11BrN2O4S/c14-8-3-7(4-9-11(8)20-6-19-9)5-10-12(17)16(2-1-15)13(18)21-10/h3-5H,1-2,6,15H2/b10-5-. The Bertz CT molecular complexity index is 662. The quantitative estimate of drug-likeness (QED) is 0.821. The maximum Gasteiger partial charge on any atom is 0.293 e. The molecule has 2 aliphatic rings. The van der Waals surface area contributed by atoms with Crippen molar-refractivity contribution in [2.45, 2.75) is 0 Å². The summed E-state index contributed by atoms with van der Waals surface area (Å²) in [5.41, 5.74) is 6.15. The molecule has 2 aliphatic heterocycles. The Labute approximate surface area is 133 Å². The first kappa shape index (κ1) is 14.4. The lowest BCUT2D eigenvalue weighted by Crippen LogP contribution is -2.33. The molecule has 0 saturated carbocycles. The number of thioether (sulfide) groups is 1. The fraction of sp³-hybridized carbons (Fsp3) is 0.231. The third-order valence-corrected chi connectivity index (χ3v) is 4.47. The highest BCUT2D eigenvalue weighted by molar-refractivity contribution is 9.10. The lowest BCUT2D eigenvalue weighted by atomic mass is 10.2. The number of hydrogen-bond acceptors (Lipinski definition) is 6. The van der Waals surface area contributed by atoms with Gasteiger partial charge in [0.25, 0.3) is 11.1 Å². The van der Waals surface area contributed by atoms with Crippen molar-refractivity contribution in [1.82, 2.24) is 4.90 Å². The number of rotatable bonds is 3. The lowest BCUT2D eigenvalue weighted by Gasteiger charge is -2.09. The summed E-state index contributed by atoms with van der Waals surface area (Å²) in [7, 11) is 0. The predicted octanol–water partition coefficient (Wildman–Crippen LogP) is 2.17. The maximum absolute atomic E-state index is 12.1. The van der Waals surface area contributed by atoms with Gasteiger partial charge in [0.15, 0.2) is 11.5 Å². The van der Waals surface area contributed by atoms with Crippen molar-refractivity contribution >= 4 is 44.9 Å². The zero-order valence-electron chi connectivity index (χ0n) is 10.8. The van der Waals surface area contributed by atoms with Crippen LogP contribution < -0.4 is 15.2 Å². The minimum absolute atomic E-state index is 0.171. The van der Waals surface area contributed by atoms with Crippen LogP contribution in [0.3, 0.4) is 0 Å². The Morgan fingerprint density at radius 1 is 1.38 bits per heavy atom. The molecule has 2 heterocycles. The zero-order chi connectivity index (χ0) is 15.0. The molecule has 0 atom stereocenters. The van der Waals surface area contributed by atoms with Gasteiger partial charge in [-0.15, -0.1) is 0 Å². The van der Waals surface area contributed by atoms with Gasteiger partial charge in [-0.1, -0.05) is 0 Å². The molecule has 1 aromatic carbocycles. The van der Waals surface area contributed by atoms with E-state index in [0.717, 1.165) is 26.7 Å². The van der Waals surface area contributed by atoms with Gasteiger partial charge in [0.1, 0.15) is 0 Å². The highest BCUT2D eigenvalue weighted by Gasteiger charge is 2.34. The van der Waals surface area contributed by atoms with Crippen LogP contribution in [0.25, 0.3) is 6.08 Å². The van der Waals surface area contributed by atoms with Crippen LogP contribution in [0.5, 0.6) is 11.5 Å². The van der Waals surface area contributed by atoms with Gasteiger partial charge in [-0.2, -0.15) is 0 Å². The number of carbonyl (C=O) groups is 2. The molecule has 0 unspecified atom stereocenters. The third-order valence-electron chi connectivity index (χ3n) is 2.97. The normalized spacial score (nSPS) is 19.0. The molecule has 110 valence electrons. The molecule has 3 rings (SSSR count). The van der Waals surface area contributed by atoms with Gasteiger partial charge < -0.3 is 15.2 Å². The number of nitrogens with two attached hydrogens (primary N) is 1. The largest absolute Gasteiger partial charge is 0.454 e. The first-order valence-electron chi connectivity index (χ1n) is 6.14. The van der Waals surface area contributed by atoms with Crippen LogP contribution >= 0.6 is 27.7 Å². The number of ether oxygens (including phenoxy) is 2. The second kappa shape index (κ2) is 5.70. The Hall–Kier alpha value is -1.51. The minimum atomic E-state index is -0.316. The molecule has 8 heteroatoms. The summed E-state index contributed by atoms with van der Waals surface area (Å²) in [6, 6.07) is 3.58. The van der Waals surface area contributed by atoms with E-state index < -0.39 is 0 Å². The fourth-order valence-electron chi connectivity index (χ4n) is 2.04. The van der Waals surface area contributed by atoms with Crippen molar-refractivity contribution in [3.05, 3.63) is 27.1 Å². The number of hydrogen-bond donors (Lipinski definition) is 1. The maximum atomic E-state index is 12.1. The molecule has 1 fully saturated rings. The molecular formula is C13H11BrN2O4S. The molecule has 0 aromatic heterocycles. The Morgan fingerprint density at radius 2 is 2.19 bits per heavy atom. The average molecular weight is 371 g/mol. The molecule has 2 amide bonds. The Morgan fingerprint density at radius 3 is 2.95 bits per heavy atom. The number of amides is 2. The van der Waals surface area contributed by atoms with E-state index in [2.05, 4.69) is 15.9 Å². The molecule has 2 N–H and O–H groups in total. The van der Waals surface area contributed by atoms with E-state index in [4.69, 9.17) is 15.2 Å². The van der Waals surface area contributed by atoms with Crippen LogP contribution in [0, 0.1) is 0 Å². The summed E-state index contributed by atoms with van der Waals surface area (Å²) >= 11 is 4.30. The van der Waals surface area contributed by atoms with Gasteiger partial charge in [-0.25, -0.2) is 0 Å². The van der Waals surface area contributed by atoms with Crippen LogP contribution in [0.4, 0.5) is 4.79 Å². The summed E-state index contributed by atoms with van der Waals surface area (Å²) in [5, 5.41) is -0.295. The van der Waals surface area contributed by atoms with Crippen LogP contribution in [0.2, 0.25) is 0 Å². The number of halogens is 1. The molecular weight excluding hydrogens is 360 g/mol. The highest BCUT2D eigenvalue weighted by Crippen LogP contribution is 2.41. The van der Waals surface area contributed by atoms with E-state index in [1.165, 1.54) is 0 Å². The lowest BCUT2D eigenvalue weighted by molar-refractivity contribution is -0.122. The predicted molar refractivity (Wildman–Crippen MR) is 82.0 cm³/mol. The van der Waals surface area contributed by atoms with Crippen molar-refractivity contribution in [1.29, 1.82) is 0 Å². The third kappa shape index (κ3) is 2.66. The van der Waals surface area contributed by atoms with Crippen molar-refractivity contribution < 1.29 is 19.1 Å². The van der Waals surface area contributed by atoms with E-state index in [1.807, 2.05) is 6.07 Å². The van der Waals surface area contributed by atoms with E-state index in [0.29, 0.717) is 16.4 Å². The number of fused-ring (bicyclic) bond motifs is 1. The van der Waals surface area contributed by atoms with Gasteiger partial charge in [-0.05, 0) is 51.5 Å². The first-order valence-corrected chi connectivity index (χ1v) is 7.75. The fourth-order valence-corrected chi connectivity index (χ4v) is 3.48. The van der Waals surface area contributed by atoms with Gasteiger partial charge in [0.2, 0.25) is 6.79 Å². The number of nitrogens with zero attached hydrogens (tertiary/aromatic N) is 1. The average Bonchev–Trinajstić information content (AvgIpc) is 3.00. The van der Waals surface area contributed by atoms with Gasteiger partial charge in [0, 0.05) is 13.1 Å². The van der Waals surface area contributed by atoms with Crippen molar-refractivity contribution in [2.24, 2.45) is 5.73 Å². The van der Waals surface area contributed by atoms with Crippen LogP contribution in [-0.4, -0.2) is 35.9 Å². The second-order valence-corrected chi connectivity index (χ2v) is 6.21. The number of imide groups is 1. The molecule has 21 heavy (non-hydrogen) atoms. The monoisotopic (exact) mass is 370 g/mol. The molecule has 0 aliphatic carbocycles. The van der Waals surface area contributed by atoms with Crippen LogP contribution in [-0.2, 0) is 4.79 Å². The van der Waals surface area contributed by atoms with Crippen LogP contribution in [0.1, 0.15) is 5.56 Å².